The van der Waals surface area contributed by atoms with Crippen LogP contribution < -0.4 is 0 Å². The molecule has 102 valence electrons. The van der Waals surface area contributed by atoms with Gasteiger partial charge in [-0.15, -0.1) is 0 Å². The number of aryl methyl sites for hydroxylation is 2. The second-order valence-electron chi connectivity index (χ2n) is 4.99. The monoisotopic (exact) mass is 259 g/mol. The molecule has 0 saturated heterocycles. The van der Waals surface area contributed by atoms with E-state index in [-0.39, 0.29) is 0 Å². The fourth-order valence-electron chi connectivity index (χ4n) is 2.50. The second kappa shape index (κ2) is 5.91. The van der Waals surface area contributed by atoms with Crippen LogP contribution in [0.5, 0.6) is 0 Å². The number of carboxylic acids is 1. The third kappa shape index (κ3) is 2.80. The topological polar surface area (TPSA) is 42.2 Å². The van der Waals surface area contributed by atoms with E-state index in [4.69, 9.17) is 5.11 Å². The van der Waals surface area contributed by atoms with E-state index in [1.807, 2.05) is 12.1 Å². The number of benzene rings is 1. The molecular weight excluding hydrogens is 238 g/mol. The Balaban J connectivity index is 2.51. The maximum Gasteiger partial charge on any atom is 0.335 e. The Labute approximate surface area is 113 Å². The average Bonchev–Trinajstić information content (AvgIpc) is 2.74. The fraction of sp³-hybridized carbons (Fsp3) is 0.438. The van der Waals surface area contributed by atoms with Gasteiger partial charge in [-0.05, 0) is 43.0 Å². The summed E-state index contributed by atoms with van der Waals surface area (Å²) < 4.78 is 2.24. The van der Waals surface area contributed by atoms with Gasteiger partial charge in [0, 0.05) is 23.6 Å². The number of fused-ring (bicyclic) bond motifs is 1. The molecule has 3 heteroatoms. The zero-order chi connectivity index (χ0) is 13.8. The van der Waals surface area contributed by atoms with Crippen LogP contribution in [0.25, 0.3) is 10.9 Å². The predicted octanol–water partition coefficient (Wildman–Crippen LogP) is 4.09. The molecule has 0 aliphatic rings. The summed E-state index contributed by atoms with van der Waals surface area (Å²) in [4.78, 5) is 11.1. The normalized spacial score (nSPS) is 11.1. The van der Waals surface area contributed by atoms with Gasteiger partial charge in [-0.2, -0.15) is 0 Å². The number of aromatic nitrogens is 1. The molecule has 0 aliphatic carbocycles. The molecule has 0 aliphatic heterocycles. The largest absolute Gasteiger partial charge is 0.478 e. The third-order valence-corrected chi connectivity index (χ3v) is 3.47. The van der Waals surface area contributed by atoms with Crippen molar-refractivity contribution >= 4 is 16.9 Å². The summed E-state index contributed by atoms with van der Waals surface area (Å²) in [5.41, 5.74) is 2.80. The van der Waals surface area contributed by atoms with Gasteiger partial charge < -0.3 is 9.67 Å². The Morgan fingerprint density at radius 3 is 2.68 bits per heavy atom. The van der Waals surface area contributed by atoms with Crippen molar-refractivity contribution in [3.8, 4) is 0 Å². The summed E-state index contributed by atoms with van der Waals surface area (Å²) in [5.74, 6) is -0.855. The summed E-state index contributed by atoms with van der Waals surface area (Å²) in [5, 5.41) is 10.2. The van der Waals surface area contributed by atoms with Gasteiger partial charge in [0.25, 0.3) is 0 Å². The van der Waals surface area contributed by atoms with Gasteiger partial charge in [0.15, 0.2) is 0 Å². The van der Waals surface area contributed by atoms with Gasteiger partial charge >= 0.3 is 5.97 Å². The van der Waals surface area contributed by atoms with E-state index >= 15 is 0 Å². The fourth-order valence-corrected chi connectivity index (χ4v) is 2.50. The Kier molecular flexibility index (Phi) is 4.25. The predicted molar refractivity (Wildman–Crippen MR) is 77.8 cm³/mol. The smallest absolute Gasteiger partial charge is 0.335 e. The Morgan fingerprint density at radius 1 is 1.26 bits per heavy atom. The van der Waals surface area contributed by atoms with E-state index in [1.54, 1.807) is 6.07 Å². The number of rotatable bonds is 6. The lowest BCUT2D eigenvalue weighted by atomic mass is 10.1. The lowest BCUT2D eigenvalue weighted by molar-refractivity contribution is 0.0697. The van der Waals surface area contributed by atoms with Crippen LogP contribution >= 0.6 is 0 Å². The van der Waals surface area contributed by atoms with Crippen molar-refractivity contribution in [1.29, 1.82) is 0 Å². The van der Waals surface area contributed by atoms with Crippen LogP contribution in [0.2, 0.25) is 0 Å². The first-order chi connectivity index (χ1) is 9.17. The van der Waals surface area contributed by atoms with Crippen molar-refractivity contribution in [3.05, 3.63) is 35.5 Å². The maximum absolute atomic E-state index is 11.1. The van der Waals surface area contributed by atoms with E-state index in [2.05, 4.69) is 24.6 Å². The van der Waals surface area contributed by atoms with E-state index < -0.39 is 5.97 Å². The first-order valence-corrected chi connectivity index (χ1v) is 7.02. The Morgan fingerprint density at radius 2 is 2.05 bits per heavy atom. The third-order valence-electron chi connectivity index (χ3n) is 3.47. The van der Waals surface area contributed by atoms with Crippen LogP contribution in [0.15, 0.2) is 24.4 Å². The minimum absolute atomic E-state index is 0.375. The van der Waals surface area contributed by atoms with E-state index in [0.717, 1.165) is 43.1 Å². The van der Waals surface area contributed by atoms with Crippen LogP contribution in [0.4, 0.5) is 0 Å². The molecule has 19 heavy (non-hydrogen) atoms. The number of hydrogen-bond acceptors (Lipinski definition) is 1. The van der Waals surface area contributed by atoms with Crippen molar-refractivity contribution < 1.29 is 9.90 Å². The standard InChI is InChI=1S/C16H21NO2/c1-3-5-6-13-11-17(9-4-2)15-8-7-12(16(18)19)10-14(13)15/h7-8,10-11H,3-6,9H2,1-2H3,(H,18,19). The lowest BCUT2D eigenvalue weighted by Gasteiger charge is -2.02. The van der Waals surface area contributed by atoms with E-state index in [9.17, 15) is 4.79 Å². The molecule has 0 fully saturated rings. The van der Waals surface area contributed by atoms with Gasteiger partial charge in [-0.1, -0.05) is 20.3 Å². The summed E-state index contributed by atoms with van der Waals surface area (Å²) >= 11 is 0. The molecule has 0 bridgehead atoms. The molecule has 0 atom stereocenters. The number of carboxylic acid groups (broad SMARTS) is 1. The molecule has 0 amide bonds. The molecule has 1 aromatic heterocycles. The van der Waals surface area contributed by atoms with Crippen LogP contribution in [0, 0.1) is 0 Å². The molecular formula is C16H21NO2. The Bertz CT molecular complexity index is 584. The Hall–Kier alpha value is -1.77. The highest BCUT2D eigenvalue weighted by Crippen LogP contribution is 2.25. The van der Waals surface area contributed by atoms with Gasteiger partial charge in [-0.3, -0.25) is 0 Å². The lowest BCUT2D eigenvalue weighted by Crippen LogP contribution is -1.97. The summed E-state index contributed by atoms with van der Waals surface area (Å²) in [7, 11) is 0. The highest BCUT2D eigenvalue weighted by Gasteiger charge is 2.11. The van der Waals surface area contributed by atoms with Crippen LogP contribution in [0.3, 0.4) is 0 Å². The summed E-state index contributed by atoms with van der Waals surface area (Å²) in [6.07, 6.45) is 6.58. The zero-order valence-electron chi connectivity index (χ0n) is 11.6. The minimum atomic E-state index is -0.855. The highest BCUT2D eigenvalue weighted by atomic mass is 16.4. The zero-order valence-corrected chi connectivity index (χ0v) is 11.6. The van der Waals surface area contributed by atoms with Gasteiger partial charge in [0.1, 0.15) is 0 Å². The average molecular weight is 259 g/mol. The van der Waals surface area contributed by atoms with Crippen molar-refractivity contribution in [2.24, 2.45) is 0 Å². The van der Waals surface area contributed by atoms with Gasteiger partial charge in [0.05, 0.1) is 5.56 Å². The van der Waals surface area contributed by atoms with Crippen molar-refractivity contribution in [1.82, 2.24) is 4.57 Å². The molecule has 1 N–H and O–H groups in total. The van der Waals surface area contributed by atoms with E-state index in [0.29, 0.717) is 5.56 Å². The first kappa shape index (κ1) is 13.7. The number of carbonyl (C=O) groups is 1. The second-order valence-corrected chi connectivity index (χ2v) is 4.99. The molecule has 0 spiro atoms. The quantitative estimate of drug-likeness (QED) is 0.849. The molecule has 0 saturated carbocycles. The number of nitrogens with zero attached hydrogens (tertiary/aromatic N) is 1. The molecule has 0 unspecified atom stereocenters. The molecule has 2 aromatic rings. The number of hydrogen-bond donors (Lipinski definition) is 1. The maximum atomic E-state index is 11.1. The highest BCUT2D eigenvalue weighted by molar-refractivity contribution is 5.95. The van der Waals surface area contributed by atoms with Crippen molar-refractivity contribution in [2.45, 2.75) is 46.1 Å². The minimum Gasteiger partial charge on any atom is -0.478 e. The first-order valence-electron chi connectivity index (χ1n) is 7.02. The summed E-state index contributed by atoms with van der Waals surface area (Å²) in [6.45, 7) is 5.31. The molecule has 2 rings (SSSR count). The number of aromatic carboxylic acids is 1. The molecule has 3 nitrogen and oxygen atoms in total. The van der Waals surface area contributed by atoms with Crippen molar-refractivity contribution in [2.75, 3.05) is 0 Å². The molecule has 0 radical (unpaired) electrons. The molecule has 1 heterocycles. The van der Waals surface area contributed by atoms with Crippen LogP contribution in [-0.2, 0) is 13.0 Å². The van der Waals surface area contributed by atoms with Gasteiger partial charge in [0.2, 0.25) is 0 Å². The van der Waals surface area contributed by atoms with Crippen LogP contribution in [-0.4, -0.2) is 15.6 Å². The SMILES string of the molecule is CCCCc1cn(CCC)c2ccc(C(=O)O)cc12. The summed E-state index contributed by atoms with van der Waals surface area (Å²) in [6, 6.07) is 5.44. The van der Waals surface area contributed by atoms with E-state index in [1.165, 1.54) is 5.56 Å². The number of unbranched alkanes of at least 4 members (excludes halogenated alkanes) is 1. The van der Waals surface area contributed by atoms with Gasteiger partial charge in [-0.25, -0.2) is 4.79 Å². The molecule has 1 aromatic carbocycles. The van der Waals surface area contributed by atoms with Crippen LogP contribution in [0.1, 0.15) is 49.0 Å². The van der Waals surface area contributed by atoms with Crippen molar-refractivity contribution in [3.63, 3.8) is 0 Å².